The molecule has 2 N–H and O–H groups in total. The van der Waals surface area contributed by atoms with Crippen LogP contribution in [0.4, 0.5) is 35.1 Å². The molecule has 5 nitrogen and oxygen atoms in total. The van der Waals surface area contributed by atoms with Gasteiger partial charge in [0.1, 0.15) is 5.56 Å². The van der Waals surface area contributed by atoms with E-state index in [0.717, 1.165) is 0 Å². The number of alkyl halides is 8. The average Bonchev–Trinajstić information content (AvgIpc) is 2.74. The van der Waals surface area contributed by atoms with E-state index < -0.39 is 51.1 Å². The Labute approximate surface area is 130 Å². The molecule has 1 aromatic heterocycles. The number of hydrogen-bond donors (Lipinski definition) is 1. The first-order valence-electron chi connectivity index (χ1n) is 6.21. The molecule has 0 aliphatic heterocycles. The zero-order chi connectivity index (χ0) is 19.1. The van der Waals surface area contributed by atoms with Crippen LogP contribution >= 0.6 is 0 Å². The lowest BCUT2D eigenvalue weighted by Crippen LogP contribution is -2.36. The van der Waals surface area contributed by atoms with Crippen molar-refractivity contribution in [1.82, 2.24) is 9.78 Å². The number of nitrogens with two attached hydrogens (primary N) is 1. The summed E-state index contributed by atoms with van der Waals surface area (Å²) in [6.07, 6.45) is -12.0. The van der Waals surface area contributed by atoms with Gasteiger partial charge in [0.2, 0.25) is 0 Å². The van der Waals surface area contributed by atoms with Gasteiger partial charge in [-0.25, -0.2) is 13.6 Å². The number of unbranched alkanes of at least 4 members (excludes halogenated alkanes) is 1. The molecular formula is C10H11F8N3O2S. The van der Waals surface area contributed by atoms with Crippen molar-refractivity contribution in [1.29, 1.82) is 0 Å². The molecule has 1 rings (SSSR count). The Kier molecular flexibility index (Phi) is 5.26. The molecule has 0 aliphatic carbocycles. The third-order valence-corrected chi connectivity index (χ3v) is 3.79. The van der Waals surface area contributed by atoms with Crippen LogP contribution in [-0.2, 0) is 28.7 Å². The lowest BCUT2D eigenvalue weighted by atomic mass is 10.1. The van der Waals surface area contributed by atoms with Crippen molar-refractivity contribution in [2.45, 2.75) is 49.6 Å². The molecule has 0 radical (unpaired) electrons. The van der Waals surface area contributed by atoms with Gasteiger partial charge in [-0.2, -0.15) is 40.2 Å². The van der Waals surface area contributed by atoms with E-state index in [1.807, 2.05) is 0 Å². The predicted molar refractivity (Wildman–Crippen MR) is 63.5 cm³/mol. The zero-order valence-corrected chi connectivity index (χ0v) is 12.7. The Bertz CT molecular complexity index is 705. The van der Waals surface area contributed by atoms with E-state index in [0.29, 0.717) is 0 Å². The van der Waals surface area contributed by atoms with Gasteiger partial charge in [0.15, 0.2) is 10.7 Å². The average molecular weight is 389 g/mol. The fourth-order valence-corrected chi connectivity index (χ4v) is 2.73. The summed E-state index contributed by atoms with van der Waals surface area (Å²) in [5, 5.41) is 5.24. The van der Waals surface area contributed by atoms with E-state index in [1.165, 1.54) is 6.92 Å². The lowest BCUT2D eigenvalue weighted by Gasteiger charge is -2.19. The van der Waals surface area contributed by atoms with Crippen LogP contribution in [0.15, 0.2) is 5.03 Å². The molecule has 140 valence electrons. The molecule has 0 bridgehead atoms. The van der Waals surface area contributed by atoms with Crippen LogP contribution in [0.1, 0.15) is 31.0 Å². The van der Waals surface area contributed by atoms with Crippen molar-refractivity contribution in [3.05, 3.63) is 11.3 Å². The van der Waals surface area contributed by atoms with Gasteiger partial charge in [0.05, 0.1) is 0 Å². The molecule has 0 aliphatic rings. The first-order valence-corrected chi connectivity index (χ1v) is 7.75. The molecule has 0 aromatic carbocycles. The van der Waals surface area contributed by atoms with Crippen LogP contribution in [0.2, 0.25) is 0 Å². The SMILES string of the molecule is CCCCn1nc(C(F)(F)C(F)(F)F)c(C(F)(F)F)c1S(N)(=O)=O. The van der Waals surface area contributed by atoms with E-state index in [1.54, 1.807) is 0 Å². The molecule has 0 saturated carbocycles. The van der Waals surface area contributed by atoms with Gasteiger partial charge in [-0.05, 0) is 6.42 Å². The van der Waals surface area contributed by atoms with Crippen molar-refractivity contribution in [2.24, 2.45) is 5.14 Å². The first kappa shape index (κ1) is 20.6. The highest BCUT2D eigenvalue weighted by atomic mass is 32.2. The minimum absolute atomic E-state index is 0.0292. The molecule has 1 aromatic rings. The number of sulfonamides is 1. The Balaban J connectivity index is 3.88. The summed E-state index contributed by atoms with van der Waals surface area (Å²) < 4.78 is 126. The van der Waals surface area contributed by atoms with Crippen molar-refractivity contribution < 1.29 is 43.5 Å². The maximum absolute atomic E-state index is 13.4. The van der Waals surface area contributed by atoms with Gasteiger partial charge in [-0.15, -0.1) is 0 Å². The van der Waals surface area contributed by atoms with E-state index in [4.69, 9.17) is 0 Å². The van der Waals surface area contributed by atoms with Crippen LogP contribution in [0.3, 0.4) is 0 Å². The van der Waals surface area contributed by atoms with Crippen molar-refractivity contribution >= 4 is 10.0 Å². The van der Waals surface area contributed by atoms with E-state index in [-0.39, 0.29) is 17.5 Å². The standard InChI is InChI=1S/C10H11F8N3O2S/c1-2-3-4-21-7(24(19,22)23)5(9(13,14)15)6(20-21)8(11,12)10(16,17)18/h2-4H2,1H3,(H2,19,22,23). The van der Waals surface area contributed by atoms with Crippen LogP contribution in [0, 0.1) is 0 Å². The molecule has 0 spiro atoms. The summed E-state index contributed by atoms with van der Waals surface area (Å²) >= 11 is 0. The highest BCUT2D eigenvalue weighted by Gasteiger charge is 2.64. The Hall–Kier alpha value is -1.44. The van der Waals surface area contributed by atoms with Gasteiger partial charge in [-0.3, -0.25) is 4.68 Å². The second-order valence-electron chi connectivity index (χ2n) is 4.72. The minimum Gasteiger partial charge on any atom is -0.252 e. The summed E-state index contributed by atoms with van der Waals surface area (Å²) in [5.74, 6) is -6.02. The number of primary sulfonamides is 1. The number of nitrogens with zero attached hydrogens (tertiary/aromatic N) is 2. The maximum atomic E-state index is 13.4. The topological polar surface area (TPSA) is 78.0 Å². The van der Waals surface area contributed by atoms with Crippen LogP contribution in [0.25, 0.3) is 0 Å². The summed E-state index contributed by atoms with van der Waals surface area (Å²) in [7, 11) is -5.28. The molecule has 24 heavy (non-hydrogen) atoms. The molecule has 0 amide bonds. The Morgan fingerprint density at radius 2 is 1.58 bits per heavy atom. The fraction of sp³-hybridized carbons (Fsp3) is 0.700. The first-order chi connectivity index (χ1) is 10.5. The van der Waals surface area contributed by atoms with Gasteiger partial charge in [0, 0.05) is 6.54 Å². The van der Waals surface area contributed by atoms with E-state index in [2.05, 4.69) is 10.2 Å². The fourth-order valence-electron chi connectivity index (χ4n) is 1.80. The van der Waals surface area contributed by atoms with E-state index in [9.17, 15) is 43.5 Å². The number of rotatable bonds is 5. The number of hydrogen-bond acceptors (Lipinski definition) is 3. The van der Waals surface area contributed by atoms with Gasteiger partial charge in [-0.1, -0.05) is 13.3 Å². The second kappa shape index (κ2) is 6.13. The van der Waals surface area contributed by atoms with Crippen molar-refractivity contribution in [3.8, 4) is 0 Å². The maximum Gasteiger partial charge on any atom is 0.459 e. The van der Waals surface area contributed by atoms with Crippen molar-refractivity contribution in [3.63, 3.8) is 0 Å². The lowest BCUT2D eigenvalue weighted by molar-refractivity contribution is -0.292. The largest absolute Gasteiger partial charge is 0.459 e. The van der Waals surface area contributed by atoms with Crippen LogP contribution in [0.5, 0.6) is 0 Å². The molecular weight excluding hydrogens is 378 g/mol. The minimum atomic E-state index is -6.41. The Morgan fingerprint density at radius 3 is 1.92 bits per heavy atom. The number of aryl methyl sites for hydroxylation is 1. The number of halogens is 8. The number of aromatic nitrogens is 2. The highest BCUT2D eigenvalue weighted by molar-refractivity contribution is 7.89. The quantitative estimate of drug-likeness (QED) is 0.787. The van der Waals surface area contributed by atoms with Gasteiger partial charge >= 0.3 is 18.3 Å². The van der Waals surface area contributed by atoms with E-state index >= 15 is 0 Å². The summed E-state index contributed by atoms with van der Waals surface area (Å²) in [6, 6.07) is 0. The zero-order valence-electron chi connectivity index (χ0n) is 11.8. The molecule has 0 saturated heterocycles. The molecule has 0 unspecified atom stereocenters. The predicted octanol–water partition coefficient (Wildman–Crippen LogP) is 3.00. The molecule has 0 fully saturated rings. The third kappa shape index (κ3) is 3.79. The van der Waals surface area contributed by atoms with Gasteiger partial charge < -0.3 is 0 Å². The second-order valence-corrected chi connectivity index (χ2v) is 6.20. The molecule has 14 heteroatoms. The normalized spacial score (nSPS) is 14.2. The molecule has 1 heterocycles. The monoisotopic (exact) mass is 389 g/mol. The highest BCUT2D eigenvalue weighted by Crippen LogP contribution is 2.49. The summed E-state index contributed by atoms with van der Waals surface area (Å²) in [6.45, 7) is 0.884. The third-order valence-electron chi connectivity index (χ3n) is 2.84. The summed E-state index contributed by atoms with van der Waals surface area (Å²) in [4.78, 5) is 0. The van der Waals surface area contributed by atoms with Crippen molar-refractivity contribution in [2.75, 3.05) is 0 Å². The Morgan fingerprint density at radius 1 is 1.08 bits per heavy atom. The molecule has 0 atom stereocenters. The summed E-state index contributed by atoms with van der Waals surface area (Å²) in [5.41, 5.74) is -5.47. The smallest absolute Gasteiger partial charge is 0.252 e. The van der Waals surface area contributed by atoms with Crippen LogP contribution < -0.4 is 5.14 Å². The van der Waals surface area contributed by atoms with Crippen LogP contribution in [-0.4, -0.2) is 24.4 Å². The van der Waals surface area contributed by atoms with Gasteiger partial charge in [0.25, 0.3) is 10.0 Å².